The molecule has 156 valence electrons. The van der Waals surface area contributed by atoms with Crippen LogP contribution in [0.3, 0.4) is 0 Å². The average Bonchev–Trinajstić information content (AvgIpc) is 3.18. The highest BCUT2D eigenvalue weighted by molar-refractivity contribution is 8.01. The Bertz CT molecular complexity index is 987. The van der Waals surface area contributed by atoms with Crippen LogP contribution in [0, 0.1) is 0 Å². The maximum atomic E-state index is 12.9. The van der Waals surface area contributed by atoms with Crippen molar-refractivity contribution in [3.63, 3.8) is 0 Å². The van der Waals surface area contributed by atoms with Crippen molar-refractivity contribution in [1.82, 2.24) is 15.1 Å². The van der Waals surface area contributed by atoms with Gasteiger partial charge in [0.05, 0.1) is 23.7 Å². The van der Waals surface area contributed by atoms with Crippen molar-refractivity contribution in [2.24, 2.45) is 0 Å². The van der Waals surface area contributed by atoms with E-state index in [1.54, 1.807) is 17.0 Å². The lowest BCUT2D eigenvalue weighted by Crippen LogP contribution is -2.40. The van der Waals surface area contributed by atoms with Gasteiger partial charge in [-0.2, -0.15) is 0 Å². The molecule has 12 heteroatoms. The first-order chi connectivity index (χ1) is 13.9. The Balaban J connectivity index is 1.84. The molecule has 1 aliphatic rings. The molecular weight excluding hydrogens is 452 g/mol. The number of nitrogens with one attached hydrogen (secondary N) is 1. The number of carbonyl (C=O) groups is 1. The number of aromatic nitrogens is 2. The highest BCUT2D eigenvalue weighted by Crippen LogP contribution is 2.29. The van der Waals surface area contributed by atoms with Crippen LogP contribution >= 0.6 is 34.9 Å². The second kappa shape index (κ2) is 9.94. The average molecular weight is 473 g/mol. The van der Waals surface area contributed by atoms with Crippen molar-refractivity contribution >= 4 is 55.9 Å². The molecular formula is C17H20N4O4S4. The van der Waals surface area contributed by atoms with Crippen molar-refractivity contribution in [2.45, 2.75) is 14.1 Å². The topological polar surface area (TPSA) is 101 Å². The number of amides is 1. The van der Waals surface area contributed by atoms with Crippen LogP contribution in [-0.2, 0) is 14.8 Å². The molecule has 0 aliphatic carbocycles. The third-order valence-electron chi connectivity index (χ3n) is 3.96. The number of nitrogens with zero attached hydrogens (tertiary/aromatic N) is 3. The molecule has 0 spiro atoms. The van der Waals surface area contributed by atoms with Gasteiger partial charge in [-0.25, -0.2) is 8.42 Å². The molecule has 0 atom stereocenters. The van der Waals surface area contributed by atoms with E-state index in [2.05, 4.69) is 21.5 Å². The normalized spacial score (nSPS) is 14.6. The van der Waals surface area contributed by atoms with E-state index in [1.165, 1.54) is 35.7 Å². The van der Waals surface area contributed by atoms with Gasteiger partial charge in [0.15, 0.2) is 4.34 Å². The molecule has 1 aliphatic heterocycles. The summed E-state index contributed by atoms with van der Waals surface area (Å²) in [6.07, 6.45) is 3.58. The molecule has 3 rings (SSSR count). The predicted molar refractivity (Wildman–Crippen MR) is 117 cm³/mol. The first kappa shape index (κ1) is 22.1. The van der Waals surface area contributed by atoms with E-state index in [-0.39, 0.29) is 15.9 Å². The Morgan fingerprint density at radius 3 is 2.83 bits per heavy atom. The lowest BCUT2D eigenvalue weighted by molar-refractivity contribution is 0.0300. The van der Waals surface area contributed by atoms with E-state index >= 15 is 0 Å². The zero-order chi connectivity index (χ0) is 20.9. The van der Waals surface area contributed by atoms with Crippen LogP contribution in [0.5, 0.6) is 0 Å². The van der Waals surface area contributed by atoms with Crippen molar-refractivity contribution in [3.05, 3.63) is 36.4 Å². The minimum Gasteiger partial charge on any atom is -0.378 e. The molecule has 1 saturated heterocycles. The fourth-order valence-electron chi connectivity index (χ4n) is 2.57. The number of rotatable bonds is 8. The van der Waals surface area contributed by atoms with Crippen LogP contribution in [0.1, 0.15) is 10.4 Å². The van der Waals surface area contributed by atoms with E-state index in [1.807, 2.05) is 6.26 Å². The van der Waals surface area contributed by atoms with E-state index in [4.69, 9.17) is 4.74 Å². The quantitative estimate of drug-likeness (QED) is 0.462. The van der Waals surface area contributed by atoms with Gasteiger partial charge in [0, 0.05) is 23.7 Å². The Hall–Kier alpha value is -1.60. The molecule has 0 unspecified atom stereocenters. The number of thioether (sulfide) groups is 2. The van der Waals surface area contributed by atoms with Gasteiger partial charge >= 0.3 is 0 Å². The molecule has 1 aromatic heterocycles. The molecule has 0 saturated carbocycles. The van der Waals surface area contributed by atoms with Crippen molar-refractivity contribution in [1.29, 1.82) is 0 Å². The smallest absolute Gasteiger partial charge is 0.263 e. The summed E-state index contributed by atoms with van der Waals surface area (Å²) >= 11 is 3.96. The largest absolute Gasteiger partial charge is 0.378 e. The first-order valence-electron chi connectivity index (χ1n) is 8.59. The van der Waals surface area contributed by atoms with Crippen LogP contribution in [0.4, 0.5) is 5.13 Å². The Morgan fingerprint density at radius 2 is 2.14 bits per heavy atom. The predicted octanol–water partition coefficient (Wildman–Crippen LogP) is 2.81. The minimum absolute atomic E-state index is 0.00223. The van der Waals surface area contributed by atoms with Gasteiger partial charge in [0.1, 0.15) is 0 Å². The summed E-state index contributed by atoms with van der Waals surface area (Å²) in [6, 6.07) is 4.55. The maximum absolute atomic E-state index is 12.9. The van der Waals surface area contributed by atoms with E-state index in [0.717, 1.165) is 16.2 Å². The fraction of sp³-hybridized carbons (Fsp3) is 0.353. The molecule has 1 fully saturated rings. The van der Waals surface area contributed by atoms with E-state index in [0.29, 0.717) is 42.0 Å². The zero-order valence-corrected chi connectivity index (χ0v) is 18.9. The van der Waals surface area contributed by atoms with Gasteiger partial charge < -0.3 is 9.64 Å². The van der Waals surface area contributed by atoms with E-state index < -0.39 is 10.0 Å². The molecule has 2 aromatic rings. The van der Waals surface area contributed by atoms with Crippen LogP contribution < -0.4 is 4.72 Å². The monoisotopic (exact) mass is 472 g/mol. The number of sulfonamides is 1. The van der Waals surface area contributed by atoms with Crippen molar-refractivity contribution in [3.8, 4) is 0 Å². The molecule has 0 bridgehead atoms. The van der Waals surface area contributed by atoms with Crippen molar-refractivity contribution < 1.29 is 17.9 Å². The molecule has 1 amide bonds. The maximum Gasteiger partial charge on any atom is 0.263 e. The fourth-order valence-corrected chi connectivity index (χ4v) is 5.91. The first-order valence-corrected chi connectivity index (χ1v) is 13.1. The van der Waals surface area contributed by atoms with Crippen LogP contribution in [0.25, 0.3) is 0 Å². The number of carbonyl (C=O) groups excluding carboxylic acids is 1. The summed E-state index contributed by atoms with van der Waals surface area (Å²) in [7, 11) is -3.91. The number of ether oxygens (including phenoxy) is 1. The summed E-state index contributed by atoms with van der Waals surface area (Å²) in [5.41, 5.74) is 0.363. The second-order valence-electron chi connectivity index (χ2n) is 5.84. The molecule has 29 heavy (non-hydrogen) atoms. The summed E-state index contributed by atoms with van der Waals surface area (Å²) in [4.78, 5) is 15.3. The van der Waals surface area contributed by atoms with Gasteiger partial charge in [0.2, 0.25) is 5.13 Å². The minimum atomic E-state index is -3.91. The van der Waals surface area contributed by atoms with Gasteiger partial charge in [-0.15, -0.1) is 28.5 Å². The Morgan fingerprint density at radius 1 is 1.38 bits per heavy atom. The number of anilines is 1. The number of benzene rings is 1. The Kier molecular flexibility index (Phi) is 7.57. The van der Waals surface area contributed by atoms with Crippen molar-refractivity contribution in [2.75, 3.05) is 43.0 Å². The van der Waals surface area contributed by atoms with Gasteiger partial charge in [-0.05, 0) is 24.5 Å². The molecule has 0 radical (unpaired) electrons. The van der Waals surface area contributed by atoms with Gasteiger partial charge in [-0.1, -0.05) is 29.2 Å². The van der Waals surface area contributed by atoms with Crippen LogP contribution in [0.2, 0.25) is 0 Å². The van der Waals surface area contributed by atoms with Crippen LogP contribution in [0.15, 0.2) is 45.0 Å². The number of hydrogen-bond acceptors (Lipinski definition) is 9. The second-order valence-corrected chi connectivity index (χ2v) is 10.6. The summed E-state index contributed by atoms with van der Waals surface area (Å²) in [5, 5.41) is 7.99. The van der Waals surface area contributed by atoms with Gasteiger partial charge in [0.25, 0.3) is 15.9 Å². The summed E-state index contributed by atoms with van der Waals surface area (Å²) in [5.74, 6) is 0.457. The van der Waals surface area contributed by atoms with Gasteiger partial charge in [-0.3, -0.25) is 9.52 Å². The lowest BCUT2D eigenvalue weighted by Gasteiger charge is -2.27. The molecule has 2 heterocycles. The summed E-state index contributed by atoms with van der Waals surface area (Å²) < 4.78 is 34.0. The third kappa shape index (κ3) is 5.51. The zero-order valence-electron chi connectivity index (χ0n) is 15.7. The highest BCUT2D eigenvalue weighted by Gasteiger charge is 2.24. The highest BCUT2D eigenvalue weighted by atomic mass is 32.2. The Labute approximate surface area is 182 Å². The van der Waals surface area contributed by atoms with E-state index in [9.17, 15) is 13.2 Å². The molecule has 1 aromatic carbocycles. The standard InChI is InChI=1S/C17H20N4O4S4/c1-3-10-27-17-19-18-16(28-17)20-29(23,24)12-4-5-14(26-2)13(11-12)15(22)21-6-8-25-9-7-21/h3-5,11H,1,6-10H2,2H3,(H,18,20). The molecule has 1 N–H and O–H groups in total. The number of morpholine rings is 1. The van der Waals surface area contributed by atoms with Crippen LogP contribution in [-0.4, -0.2) is 67.7 Å². The third-order valence-corrected chi connectivity index (χ3v) is 8.19. The SMILES string of the molecule is C=CCSc1nnc(NS(=O)(=O)c2ccc(SC)c(C(=O)N3CCOCC3)c2)s1. The number of hydrogen-bond donors (Lipinski definition) is 1. The molecule has 8 nitrogen and oxygen atoms in total. The lowest BCUT2D eigenvalue weighted by atomic mass is 10.2. The summed E-state index contributed by atoms with van der Waals surface area (Å²) in [6.45, 7) is 5.55.